The number of fused-ring (bicyclic) bond motifs is 1. The van der Waals surface area contributed by atoms with E-state index in [0.29, 0.717) is 22.4 Å². The Bertz CT molecular complexity index is 824. The van der Waals surface area contributed by atoms with Gasteiger partial charge in [-0.1, -0.05) is 30.3 Å². The molecule has 0 saturated carbocycles. The van der Waals surface area contributed by atoms with Gasteiger partial charge in [0, 0.05) is 7.11 Å². The van der Waals surface area contributed by atoms with Crippen LogP contribution in [0.4, 0.5) is 0 Å². The Labute approximate surface area is 133 Å². The number of rotatable bonds is 6. The first-order valence-corrected chi connectivity index (χ1v) is 7.15. The molecule has 0 fully saturated rings. The van der Waals surface area contributed by atoms with Gasteiger partial charge in [-0.25, -0.2) is 0 Å². The van der Waals surface area contributed by atoms with Crippen molar-refractivity contribution in [3.8, 4) is 22.8 Å². The molecule has 5 nitrogen and oxygen atoms in total. The first kappa shape index (κ1) is 15.1. The topological polar surface area (TPSA) is 60.6 Å². The molecule has 3 rings (SSSR count). The summed E-state index contributed by atoms with van der Waals surface area (Å²) in [6, 6.07) is 13.4. The lowest BCUT2D eigenvalue weighted by Gasteiger charge is -2.11. The first-order chi connectivity index (χ1) is 11.3. The summed E-state index contributed by atoms with van der Waals surface area (Å²) in [5.74, 6) is 1.05. The van der Waals surface area contributed by atoms with Crippen LogP contribution in [0.2, 0.25) is 0 Å². The van der Waals surface area contributed by atoms with E-state index in [0.717, 1.165) is 23.1 Å². The van der Waals surface area contributed by atoms with Crippen molar-refractivity contribution in [2.75, 3.05) is 21.0 Å². The SMILES string of the molecule is COCOc1c(OC)ccc2[nH]c(-c3ccccc3)c(C=O)c12. The highest BCUT2D eigenvalue weighted by Crippen LogP contribution is 2.40. The minimum atomic E-state index is 0.0691. The summed E-state index contributed by atoms with van der Waals surface area (Å²) in [5, 5.41) is 0.690. The molecule has 0 saturated heterocycles. The smallest absolute Gasteiger partial charge is 0.188 e. The minimum Gasteiger partial charge on any atom is -0.493 e. The summed E-state index contributed by atoms with van der Waals surface area (Å²) in [5.41, 5.74) is 3.03. The molecule has 0 bridgehead atoms. The molecule has 0 atom stereocenters. The zero-order chi connectivity index (χ0) is 16.2. The van der Waals surface area contributed by atoms with E-state index in [1.54, 1.807) is 20.3 Å². The standard InChI is InChI=1S/C18H17NO4/c1-21-11-23-18-15(22-2)9-8-14-16(18)13(10-20)17(19-14)12-6-4-3-5-7-12/h3-10,19H,11H2,1-2H3. The molecule has 23 heavy (non-hydrogen) atoms. The van der Waals surface area contributed by atoms with E-state index in [1.165, 1.54) is 0 Å². The third kappa shape index (κ3) is 2.66. The van der Waals surface area contributed by atoms with Gasteiger partial charge in [0.2, 0.25) is 0 Å². The van der Waals surface area contributed by atoms with Crippen LogP contribution in [0.3, 0.4) is 0 Å². The largest absolute Gasteiger partial charge is 0.493 e. The third-order valence-electron chi connectivity index (χ3n) is 3.64. The van der Waals surface area contributed by atoms with E-state index in [-0.39, 0.29) is 6.79 Å². The Kier molecular flexibility index (Phi) is 4.30. The molecular weight excluding hydrogens is 294 g/mol. The predicted molar refractivity (Wildman–Crippen MR) is 88.2 cm³/mol. The lowest BCUT2D eigenvalue weighted by Crippen LogP contribution is -2.01. The highest BCUT2D eigenvalue weighted by atomic mass is 16.7. The molecule has 2 aromatic carbocycles. The Morgan fingerprint density at radius 3 is 2.52 bits per heavy atom. The maximum atomic E-state index is 11.8. The molecular formula is C18H17NO4. The normalized spacial score (nSPS) is 10.7. The van der Waals surface area contributed by atoms with Crippen molar-refractivity contribution in [1.82, 2.24) is 4.98 Å². The number of H-pyrrole nitrogens is 1. The second kappa shape index (κ2) is 6.54. The predicted octanol–water partition coefficient (Wildman–Crippen LogP) is 3.64. The van der Waals surface area contributed by atoms with Gasteiger partial charge in [0.1, 0.15) is 0 Å². The number of aromatic nitrogens is 1. The van der Waals surface area contributed by atoms with E-state index in [4.69, 9.17) is 14.2 Å². The molecule has 3 aromatic rings. The van der Waals surface area contributed by atoms with Crippen molar-refractivity contribution in [2.45, 2.75) is 0 Å². The number of benzene rings is 2. The Morgan fingerprint density at radius 1 is 1.09 bits per heavy atom. The summed E-state index contributed by atoms with van der Waals surface area (Å²) in [6.07, 6.45) is 0.834. The lowest BCUT2D eigenvalue weighted by molar-refractivity contribution is 0.0503. The quantitative estimate of drug-likeness (QED) is 0.558. The second-order valence-corrected chi connectivity index (χ2v) is 4.97. The van der Waals surface area contributed by atoms with Gasteiger partial charge in [0.25, 0.3) is 0 Å². The van der Waals surface area contributed by atoms with Crippen LogP contribution in [0.5, 0.6) is 11.5 Å². The fourth-order valence-electron chi connectivity index (χ4n) is 2.63. The van der Waals surface area contributed by atoms with Crippen LogP contribution in [0.25, 0.3) is 22.2 Å². The molecule has 1 N–H and O–H groups in total. The fourth-order valence-corrected chi connectivity index (χ4v) is 2.63. The molecule has 0 unspecified atom stereocenters. The molecule has 0 aliphatic carbocycles. The highest BCUT2D eigenvalue weighted by Gasteiger charge is 2.19. The van der Waals surface area contributed by atoms with Crippen LogP contribution < -0.4 is 9.47 Å². The zero-order valence-corrected chi connectivity index (χ0v) is 13.0. The number of hydrogen-bond acceptors (Lipinski definition) is 4. The Morgan fingerprint density at radius 2 is 1.87 bits per heavy atom. The van der Waals surface area contributed by atoms with Gasteiger partial charge in [-0.05, 0) is 17.7 Å². The van der Waals surface area contributed by atoms with Crippen LogP contribution in [0.15, 0.2) is 42.5 Å². The summed E-state index contributed by atoms with van der Waals surface area (Å²) in [4.78, 5) is 15.0. The Balaban J connectivity index is 2.28. The summed E-state index contributed by atoms with van der Waals surface area (Å²) >= 11 is 0. The monoisotopic (exact) mass is 311 g/mol. The van der Waals surface area contributed by atoms with Crippen LogP contribution >= 0.6 is 0 Å². The summed E-state index contributed by atoms with van der Waals surface area (Å²) < 4.78 is 16.0. The number of carbonyl (C=O) groups excluding carboxylic acids is 1. The van der Waals surface area contributed by atoms with E-state index < -0.39 is 0 Å². The molecule has 0 aliphatic rings. The van der Waals surface area contributed by atoms with Crippen LogP contribution in [-0.4, -0.2) is 32.3 Å². The number of methoxy groups -OCH3 is 2. The van der Waals surface area contributed by atoms with E-state index in [2.05, 4.69) is 4.98 Å². The Hall–Kier alpha value is -2.79. The summed E-state index contributed by atoms with van der Waals surface area (Å²) in [6.45, 7) is 0.0691. The maximum Gasteiger partial charge on any atom is 0.188 e. The number of aldehydes is 1. The van der Waals surface area contributed by atoms with E-state index in [9.17, 15) is 4.79 Å². The molecule has 1 aromatic heterocycles. The van der Waals surface area contributed by atoms with Gasteiger partial charge in [-0.2, -0.15) is 0 Å². The van der Waals surface area contributed by atoms with Gasteiger partial charge in [0.15, 0.2) is 24.6 Å². The fraction of sp³-hybridized carbons (Fsp3) is 0.167. The first-order valence-electron chi connectivity index (χ1n) is 7.15. The molecule has 0 aliphatic heterocycles. The van der Waals surface area contributed by atoms with Crippen LogP contribution in [0, 0.1) is 0 Å². The van der Waals surface area contributed by atoms with Gasteiger partial charge in [0.05, 0.1) is 29.3 Å². The zero-order valence-electron chi connectivity index (χ0n) is 13.0. The van der Waals surface area contributed by atoms with Gasteiger partial charge < -0.3 is 19.2 Å². The number of aromatic amines is 1. The summed E-state index contributed by atoms with van der Waals surface area (Å²) in [7, 11) is 3.10. The molecule has 0 radical (unpaired) electrons. The van der Waals surface area contributed by atoms with Crippen molar-refractivity contribution >= 4 is 17.2 Å². The minimum absolute atomic E-state index is 0.0691. The van der Waals surface area contributed by atoms with E-state index >= 15 is 0 Å². The van der Waals surface area contributed by atoms with Crippen molar-refractivity contribution in [3.63, 3.8) is 0 Å². The highest BCUT2D eigenvalue weighted by molar-refractivity contribution is 6.08. The van der Waals surface area contributed by atoms with Crippen LogP contribution in [0.1, 0.15) is 10.4 Å². The van der Waals surface area contributed by atoms with Crippen molar-refractivity contribution < 1.29 is 19.0 Å². The average molecular weight is 311 g/mol. The second-order valence-electron chi connectivity index (χ2n) is 4.97. The van der Waals surface area contributed by atoms with Gasteiger partial charge in [-0.15, -0.1) is 0 Å². The molecule has 118 valence electrons. The number of nitrogens with one attached hydrogen (secondary N) is 1. The van der Waals surface area contributed by atoms with Crippen molar-refractivity contribution in [3.05, 3.63) is 48.0 Å². The third-order valence-corrected chi connectivity index (χ3v) is 3.64. The van der Waals surface area contributed by atoms with Crippen molar-refractivity contribution in [1.29, 1.82) is 0 Å². The molecule has 5 heteroatoms. The van der Waals surface area contributed by atoms with Gasteiger partial charge >= 0.3 is 0 Å². The average Bonchev–Trinajstić information content (AvgIpc) is 2.99. The van der Waals surface area contributed by atoms with Gasteiger partial charge in [-0.3, -0.25) is 4.79 Å². The number of hydrogen-bond donors (Lipinski definition) is 1. The molecule has 0 spiro atoms. The lowest BCUT2D eigenvalue weighted by atomic mass is 10.1. The molecule has 0 amide bonds. The van der Waals surface area contributed by atoms with Crippen molar-refractivity contribution in [2.24, 2.45) is 0 Å². The number of ether oxygens (including phenoxy) is 3. The van der Waals surface area contributed by atoms with Crippen LogP contribution in [-0.2, 0) is 4.74 Å². The number of carbonyl (C=O) groups is 1. The van der Waals surface area contributed by atoms with E-state index in [1.807, 2.05) is 36.4 Å². The maximum absolute atomic E-state index is 11.8. The molecule has 1 heterocycles.